The molecule has 0 aliphatic heterocycles. The molecular weight excluding hydrogens is 388 g/mol. The summed E-state index contributed by atoms with van der Waals surface area (Å²) >= 11 is 5.30. The first-order chi connectivity index (χ1) is 11.5. The van der Waals surface area contributed by atoms with Crippen LogP contribution in [0, 0.1) is 0 Å². The van der Waals surface area contributed by atoms with Crippen molar-refractivity contribution >= 4 is 33.7 Å². The van der Waals surface area contributed by atoms with Crippen LogP contribution in [0.4, 0.5) is 0 Å². The summed E-state index contributed by atoms with van der Waals surface area (Å²) in [6, 6.07) is 8.38. The molecule has 0 bridgehead atoms. The number of nitrogens with zero attached hydrogens (tertiary/aromatic N) is 5. The van der Waals surface area contributed by atoms with E-state index in [9.17, 15) is 0 Å². The van der Waals surface area contributed by atoms with E-state index in [2.05, 4.69) is 67.5 Å². The lowest BCUT2D eigenvalue weighted by Gasteiger charge is -2.23. The van der Waals surface area contributed by atoms with Crippen molar-refractivity contribution in [3.05, 3.63) is 40.9 Å². The van der Waals surface area contributed by atoms with Crippen LogP contribution in [0.2, 0.25) is 0 Å². The van der Waals surface area contributed by atoms with Gasteiger partial charge in [-0.15, -0.1) is 11.8 Å². The van der Waals surface area contributed by atoms with Gasteiger partial charge in [-0.1, -0.05) is 22.9 Å². The molecule has 0 fully saturated rings. The summed E-state index contributed by atoms with van der Waals surface area (Å²) in [5, 5.41) is 7.94. The summed E-state index contributed by atoms with van der Waals surface area (Å²) in [5.41, 5.74) is 0. The molecule has 6 nitrogen and oxygen atoms in total. The highest BCUT2D eigenvalue weighted by Crippen LogP contribution is 2.24. The van der Waals surface area contributed by atoms with Crippen LogP contribution in [0.25, 0.3) is 0 Å². The zero-order valence-corrected chi connectivity index (χ0v) is 16.8. The Morgan fingerprint density at radius 3 is 2.71 bits per heavy atom. The first kappa shape index (κ1) is 18.8. The summed E-state index contributed by atoms with van der Waals surface area (Å²) in [4.78, 5) is 11.9. The van der Waals surface area contributed by atoms with Gasteiger partial charge in [0, 0.05) is 42.3 Å². The third-order valence-corrected chi connectivity index (χ3v) is 5.10. The number of benzene rings is 1. The van der Waals surface area contributed by atoms with Gasteiger partial charge in [-0.2, -0.15) is 5.10 Å². The molecule has 1 atom stereocenters. The second-order valence-corrected chi connectivity index (χ2v) is 7.89. The van der Waals surface area contributed by atoms with Crippen molar-refractivity contribution in [2.75, 3.05) is 20.6 Å². The number of nitrogens with one attached hydrogen (secondary N) is 1. The minimum atomic E-state index is 0.422. The van der Waals surface area contributed by atoms with Gasteiger partial charge in [0.2, 0.25) is 0 Å². The molecule has 24 heavy (non-hydrogen) atoms. The van der Waals surface area contributed by atoms with Crippen molar-refractivity contribution in [2.24, 2.45) is 12.0 Å². The van der Waals surface area contributed by atoms with Crippen LogP contribution < -0.4 is 5.32 Å². The Morgan fingerprint density at radius 2 is 2.12 bits per heavy atom. The molecule has 130 valence electrons. The fourth-order valence-electron chi connectivity index (χ4n) is 2.16. The fraction of sp³-hybridized carbons (Fsp3) is 0.438. The molecule has 1 heterocycles. The molecule has 0 aliphatic carbocycles. The van der Waals surface area contributed by atoms with E-state index in [1.165, 1.54) is 4.90 Å². The van der Waals surface area contributed by atoms with Gasteiger partial charge in [0.1, 0.15) is 12.2 Å². The fourth-order valence-corrected chi connectivity index (χ4v) is 3.35. The van der Waals surface area contributed by atoms with Gasteiger partial charge >= 0.3 is 0 Å². The monoisotopic (exact) mass is 410 g/mol. The van der Waals surface area contributed by atoms with Crippen molar-refractivity contribution in [3.63, 3.8) is 0 Å². The maximum absolute atomic E-state index is 4.35. The Kier molecular flexibility index (Phi) is 7.11. The van der Waals surface area contributed by atoms with E-state index in [0.717, 1.165) is 22.8 Å². The van der Waals surface area contributed by atoms with Crippen LogP contribution >= 0.6 is 27.7 Å². The molecule has 1 unspecified atom stereocenters. The van der Waals surface area contributed by atoms with Crippen molar-refractivity contribution < 1.29 is 0 Å². The predicted octanol–water partition coefficient (Wildman–Crippen LogP) is 2.77. The van der Waals surface area contributed by atoms with Crippen LogP contribution in [0.15, 0.2) is 45.0 Å². The highest BCUT2D eigenvalue weighted by molar-refractivity contribution is 9.10. The third-order valence-electron chi connectivity index (χ3n) is 3.46. The predicted molar refractivity (Wildman–Crippen MR) is 103 cm³/mol. The first-order valence-electron chi connectivity index (χ1n) is 7.66. The van der Waals surface area contributed by atoms with Crippen LogP contribution in [-0.4, -0.2) is 51.5 Å². The Labute approximate surface area is 155 Å². The number of thioether (sulfide) groups is 1. The first-order valence-corrected chi connectivity index (χ1v) is 9.33. The van der Waals surface area contributed by atoms with Gasteiger partial charge < -0.3 is 10.2 Å². The van der Waals surface area contributed by atoms with E-state index in [0.29, 0.717) is 11.8 Å². The topological polar surface area (TPSA) is 58.3 Å². The maximum atomic E-state index is 4.35. The summed E-state index contributed by atoms with van der Waals surface area (Å²) < 4.78 is 2.87. The van der Waals surface area contributed by atoms with E-state index in [-0.39, 0.29) is 0 Å². The van der Waals surface area contributed by atoms with E-state index in [4.69, 9.17) is 0 Å². The average Bonchev–Trinajstić information content (AvgIpc) is 2.95. The summed E-state index contributed by atoms with van der Waals surface area (Å²) in [7, 11) is 5.68. The van der Waals surface area contributed by atoms with Crippen molar-refractivity contribution in [1.29, 1.82) is 0 Å². The Hall–Kier alpha value is -1.54. The Morgan fingerprint density at radius 1 is 1.42 bits per heavy atom. The van der Waals surface area contributed by atoms with Crippen molar-refractivity contribution in [1.82, 2.24) is 25.0 Å². The molecule has 0 saturated carbocycles. The summed E-state index contributed by atoms with van der Waals surface area (Å²) in [5.74, 6) is 1.75. The van der Waals surface area contributed by atoms with Crippen LogP contribution in [-0.2, 0) is 13.6 Å². The lowest BCUT2D eigenvalue weighted by molar-refractivity contribution is 0.449. The van der Waals surface area contributed by atoms with Crippen molar-refractivity contribution in [2.45, 2.75) is 23.6 Å². The average molecular weight is 411 g/mol. The number of rotatable bonds is 6. The van der Waals surface area contributed by atoms with Crippen molar-refractivity contribution in [3.8, 4) is 0 Å². The second kappa shape index (κ2) is 9.08. The molecule has 0 radical (unpaired) electrons. The highest BCUT2D eigenvalue weighted by Gasteiger charge is 2.11. The molecule has 1 aromatic heterocycles. The zero-order valence-electron chi connectivity index (χ0n) is 14.4. The molecule has 1 aromatic carbocycles. The standard InChI is InChI=1S/C16H23BrN6S/c1-12(24-14-7-5-13(17)6-8-14)9-19-16(18-2)22(3)10-15-20-11-21-23(15)4/h5-8,11-12H,9-10H2,1-4H3,(H,18,19). The molecular formula is C16H23BrN6S. The van der Waals surface area contributed by atoms with Gasteiger partial charge in [0.25, 0.3) is 0 Å². The van der Waals surface area contributed by atoms with Gasteiger partial charge in [-0.25, -0.2) is 4.98 Å². The number of aliphatic imine (C=N–C) groups is 1. The van der Waals surface area contributed by atoms with E-state index in [1.54, 1.807) is 18.1 Å². The normalized spacial score (nSPS) is 13.0. The molecule has 0 aliphatic rings. The quantitative estimate of drug-likeness (QED) is 0.450. The lowest BCUT2D eigenvalue weighted by atomic mass is 10.4. The van der Waals surface area contributed by atoms with E-state index in [1.807, 2.05) is 30.8 Å². The number of hydrogen-bond donors (Lipinski definition) is 1. The molecule has 0 spiro atoms. The Balaban J connectivity index is 1.84. The maximum Gasteiger partial charge on any atom is 0.193 e. The minimum Gasteiger partial charge on any atom is -0.355 e. The van der Waals surface area contributed by atoms with Gasteiger partial charge in [0.15, 0.2) is 5.96 Å². The van der Waals surface area contributed by atoms with Crippen LogP contribution in [0.5, 0.6) is 0 Å². The number of aryl methyl sites for hydroxylation is 1. The van der Waals surface area contributed by atoms with Crippen LogP contribution in [0.1, 0.15) is 12.7 Å². The lowest BCUT2D eigenvalue weighted by Crippen LogP contribution is -2.41. The minimum absolute atomic E-state index is 0.422. The number of hydrogen-bond acceptors (Lipinski definition) is 4. The van der Waals surface area contributed by atoms with Gasteiger partial charge in [-0.05, 0) is 24.3 Å². The molecule has 0 amide bonds. The summed E-state index contributed by atoms with van der Waals surface area (Å²) in [6.07, 6.45) is 1.57. The largest absolute Gasteiger partial charge is 0.355 e. The number of halogens is 1. The number of aromatic nitrogens is 3. The summed E-state index contributed by atoms with van der Waals surface area (Å²) in [6.45, 7) is 3.69. The number of guanidine groups is 1. The SMILES string of the molecule is CN=C(NCC(C)Sc1ccc(Br)cc1)N(C)Cc1ncnn1C. The van der Waals surface area contributed by atoms with Gasteiger partial charge in [0.05, 0.1) is 6.54 Å². The van der Waals surface area contributed by atoms with Gasteiger partial charge in [-0.3, -0.25) is 9.67 Å². The molecule has 8 heteroatoms. The molecule has 1 N–H and O–H groups in total. The van der Waals surface area contributed by atoms with Crippen LogP contribution in [0.3, 0.4) is 0 Å². The molecule has 2 aromatic rings. The smallest absolute Gasteiger partial charge is 0.193 e. The second-order valence-electron chi connectivity index (χ2n) is 5.47. The van der Waals surface area contributed by atoms with E-state index < -0.39 is 0 Å². The molecule has 0 saturated heterocycles. The zero-order chi connectivity index (χ0) is 17.5. The third kappa shape index (κ3) is 5.52. The van der Waals surface area contributed by atoms with E-state index >= 15 is 0 Å². The highest BCUT2D eigenvalue weighted by atomic mass is 79.9. The molecule has 2 rings (SSSR count). The Bertz CT molecular complexity index is 669.